The lowest BCUT2D eigenvalue weighted by atomic mass is 10.1. The van der Waals surface area contributed by atoms with Crippen molar-refractivity contribution in [3.05, 3.63) is 30.4 Å². The number of carbonyl (C=O) groups excluding carboxylic acids is 1. The molecule has 0 aromatic carbocycles. The minimum Gasteiger partial charge on any atom is -0.469 e. The first-order chi connectivity index (χ1) is 8.63. The zero-order valence-corrected chi connectivity index (χ0v) is 9.72. The Kier molecular flexibility index (Phi) is 3.54. The van der Waals surface area contributed by atoms with Crippen molar-refractivity contribution < 1.29 is 19.7 Å². The van der Waals surface area contributed by atoms with Crippen LogP contribution in [0.3, 0.4) is 0 Å². The molecule has 2 heterocycles. The fraction of sp³-hybridized carbons (Fsp3) is 0.364. The van der Waals surface area contributed by atoms with Crippen molar-refractivity contribution in [2.75, 3.05) is 7.11 Å². The van der Waals surface area contributed by atoms with Gasteiger partial charge in [0.05, 0.1) is 31.5 Å². The van der Waals surface area contributed by atoms with Gasteiger partial charge in [-0.1, -0.05) is 0 Å². The molecular weight excluding hydrogens is 238 g/mol. The van der Waals surface area contributed by atoms with Gasteiger partial charge in [0.2, 0.25) is 5.78 Å². The lowest BCUT2D eigenvalue weighted by Gasteiger charge is -2.16. The van der Waals surface area contributed by atoms with Crippen molar-refractivity contribution in [3.63, 3.8) is 0 Å². The predicted molar refractivity (Wildman–Crippen MR) is 60.6 cm³/mol. The molecule has 0 spiro atoms. The highest BCUT2D eigenvalue weighted by molar-refractivity contribution is 5.69. The van der Waals surface area contributed by atoms with Crippen molar-refractivity contribution >= 4 is 11.7 Å². The number of aromatic nitrogens is 3. The molecule has 0 radical (unpaired) electrons. The maximum absolute atomic E-state index is 11.0. The van der Waals surface area contributed by atoms with Crippen LogP contribution in [-0.4, -0.2) is 43.8 Å². The van der Waals surface area contributed by atoms with Crippen LogP contribution in [0.25, 0.3) is 5.78 Å². The van der Waals surface area contributed by atoms with E-state index < -0.39 is 18.2 Å². The molecule has 0 fully saturated rings. The second-order valence-electron chi connectivity index (χ2n) is 3.77. The van der Waals surface area contributed by atoms with Gasteiger partial charge in [-0.3, -0.25) is 9.20 Å². The molecule has 0 aliphatic carbocycles. The highest BCUT2D eigenvalue weighted by atomic mass is 16.5. The molecule has 0 aliphatic rings. The molecular formula is C11H13N3O4. The van der Waals surface area contributed by atoms with E-state index in [4.69, 9.17) is 0 Å². The quantitative estimate of drug-likeness (QED) is 0.723. The zero-order chi connectivity index (χ0) is 13.1. The molecule has 7 nitrogen and oxygen atoms in total. The Morgan fingerprint density at radius 3 is 3.00 bits per heavy atom. The summed E-state index contributed by atoms with van der Waals surface area (Å²) >= 11 is 0. The number of esters is 1. The zero-order valence-electron chi connectivity index (χ0n) is 9.72. The van der Waals surface area contributed by atoms with Crippen molar-refractivity contribution in [1.29, 1.82) is 0 Å². The van der Waals surface area contributed by atoms with Crippen molar-refractivity contribution in [2.24, 2.45) is 0 Å². The van der Waals surface area contributed by atoms with Crippen molar-refractivity contribution in [3.8, 4) is 0 Å². The summed E-state index contributed by atoms with van der Waals surface area (Å²) in [7, 11) is 1.22. The summed E-state index contributed by atoms with van der Waals surface area (Å²) in [6, 6.07) is 1.68. The van der Waals surface area contributed by atoms with Crippen LogP contribution < -0.4 is 0 Å². The number of carbonyl (C=O) groups is 1. The normalized spacial score (nSPS) is 14.4. The minimum absolute atomic E-state index is 0.287. The second kappa shape index (κ2) is 5.11. The first kappa shape index (κ1) is 12.5. The summed E-state index contributed by atoms with van der Waals surface area (Å²) < 4.78 is 5.98. The maximum atomic E-state index is 11.0. The standard InChI is InChI=1S/C11H13N3O4/c1-18-9(16)5-8(15)10(17)7-6-13-11-12-3-2-4-14(7)11/h2-4,6,8,10,15,17H,5H2,1H3. The largest absolute Gasteiger partial charge is 0.469 e. The molecule has 0 aliphatic heterocycles. The fourth-order valence-electron chi connectivity index (χ4n) is 1.63. The first-order valence-electron chi connectivity index (χ1n) is 5.34. The van der Waals surface area contributed by atoms with Crippen molar-refractivity contribution in [2.45, 2.75) is 18.6 Å². The van der Waals surface area contributed by atoms with Gasteiger partial charge < -0.3 is 14.9 Å². The number of rotatable bonds is 4. The molecule has 7 heteroatoms. The number of aliphatic hydroxyl groups excluding tert-OH is 2. The third-order valence-electron chi connectivity index (χ3n) is 2.59. The van der Waals surface area contributed by atoms with Gasteiger partial charge in [-0.05, 0) is 6.07 Å². The molecule has 0 saturated carbocycles. The van der Waals surface area contributed by atoms with Gasteiger partial charge in [0.1, 0.15) is 6.10 Å². The number of aliphatic hydroxyl groups is 2. The molecule has 2 atom stereocenters. The van der Waals surface area contributed by atoms with E-state index in [1.54, 1.807) is 22.9 Å². The van der Waals surface area contributed by atoms with Crippen LogP contribution in [-0.2, 0) is 9.53 Å². The summed E-state index contributed by atoms with van der Waals surface area (Å²) in [5.41, 5.74) is 0.370. The lowest BCUT2D eigenvalue weighted by Crippen LogP contribution is -2.23. The third kappa shape index (κ3) is 2.31. The van der Waals surface area contributed by atoms with Gasteiger partial charge >= 0.3 is 5.97 Å². The molecule has 0 bridgehead atoms. The Hall–Kier alpha value is -1.99. The molecule has 2 aromatic heterocycles. The number of fused-ring (bicyclic) bond motifs is 1. The van der Waals surface area contributed by atoms with Crippen LogP contribution in [0.4, 0.5) is 0 Å². The Labute approximate surface area is 103 Å². The van der Waals surface area contributed by atoms with E-state index in [-0.39, 0.29) is 6.42 Å². The third-order valence-corrected chi connectivity index (χ3v) is 2.59. The summed E-state index contributed by atoms with van der Waals surface area (Å²) in [5, 5.41) is 19.7. The molecule has 2 unspecified atom stereocenters. The van der Waals surface area contributed by atoms with E-state index in [1.807, 2.05) is 0 Å². The minimum atomic E-state index is -1.25. The number of imidazole rings is 1. The first-order valence-corrected chi connectivity index (χ1v) is 5.34. The van der Waals surface area contributed by atoms with Gasteiger partial charge in [-0.25, -0.2) is 9.97 Å². The number of nitrogens with zero attached hydrogens (tertiary/aromatic N) is 3. The van der Waals surface area contributed by atoms with Crippen LogP contribution in [0, 0.1) is 0 Å². The Morgan fingerprint density at radius 1 is 1.50 bits per heavy atom. The molecule has 0 amide bonds. The van der Waals surface area contributed by atoms with Crippen LogP contribution >= 0.6 is 0 Å². The van der Waals surface area contributed by atoms with Gasteiger partial charge in [-0.15, -0.1) is 0 Å². The summed E-state index contributed by atoms with van der Waals surface area (Å²) in [6.07, 6.45) is 1.88. The molecule has 2 N–H and O–H groups in total. The lowest BCUT2D eigenvalue weighted by molar-refractivity contribution is -0.144. The average Bonchev–Trinajstić information content (AvgIpc) is 2.81. The number of hydrogen-bond acceptors (Lipinski definition) is 6. The SMILES string of the molecule is COC(=O)CC(O)C(O)c1cnc2ncccn12. The number of hydrogen-bond donors (Lipinski definition) is 2. The topological polar surface area (TPSA) is 97.0 Å². The predicted octanol–water partition coefficient (Wildman–Crippen LogP) is -0.313. The van der Waals surface area contributed by atoms with Gasteiger partial charge in [-0.2, -0.15) is 0 Å². The number of ether oxygens (including phenoxy) is 1. The van der Waals surface area contributed by atoms with E-state index in [0.29, 0.717) is 11.5 Å². The highest BCUT2D eigenvalue weighted by Gasteiger charge is 2.24. The molecule has 2 aromatic rings. The fourth-order valence-corrected chi connectivity index (χ4v) is 1.63. The monoisotopic (exact) mass is 251 g/mol. The second-order valence-corrected chi connectivity index (χ2v) is 3.77. The summed E-state index contributed by atoms with van der Waals surface area (Å²) in [4.78, 5) is 19.0. The highest BCUT2D eigenvalue weighted by Crippen LogP contribution is 2.19. The Bertz CT molecular complexity index is 554. The smallest absolute Gasteiger partial charge is 0.308 e. The van der Waals surface area contributed by atoms with E-state index in [0.717, 1.165) is 0 Å². The van der Waals surface area contributed by atoms with E-state index in [2.05, 4.69) is 14.7 Å². The summed E-state index contributed by atoms with van der Waals surface area (Å²) in [6.45, 7) is 0. The Balaban J connectivity index is 2.22. The Morgan fingerprint density at radius 2 is 2.28 bits per heavy atom. The van der Waals surface area contributed by atoms with Gasteiger partial charge in [0.15, 0.2) is 0 Å². The van der Waals surface area contributed by atoms with E-state index in [1.165, 1.54) is 13.3 Å². The van der Waals surface area contributed by atoms with E-state index >= 15 is 0 Å². The van der Waals surface area contributed by atoms with Gasteiger partial charge in [0, 0.05) is 12.4 Å². The summed E-state index contributed by atoms with van der Waals surface area (Å²) in [5.74, 6) is -0.176. The van der Waals surface area contributed by atoms with Crippen LogP contribution in [0.5, 0.6) is 0 Å². The van der Waals surface area contributed by atoms with Crippen molar-refractivity contribution in [1.82, 2.24) is 14.4 Å². The van der Waals surface area contributed by atoms with E-state index in [9.17, 15) is 15.0 Å². The van der Waals surface area contributed by atoms with Crippen LogP contribution in [0.2, 0.25) is 0 Å². The maximum Gasteiger partial charge on any atom is 0.308 e. The number of methoxy groups -OCH3 is 1. The van der Waals surface area contributed by atoms with Gasteiger partial charge in [0.25, 0.3) is 0 Å². The van der Waals surface area contributed by atoms with Crippen LogP contribution in [0.15, 0.2) is 24.7 Å². The molecule has 18 heavy (non-hydrogen) atoms. The molecule has 0 saturated heterocycles. The van der Waals surface area contributed by atoms with Crippen LogP contribution in [0.1, 0.15) is 18.2 Å². The molecule has 2 rings (SSSR count). The average molecular weight is 251 g/mol. The molecule has 96 valence electrons.